The zero-order valence-corrected chi connectivity index (χ0v) is 15.8. The van der Waals surface area contributed by atoms with E-state index in [0.717, 1.165) is 5.56 Å². The van der Waals surface area contributed by atoms with Gasteiger partial charge in [0.2, 0.25) is 0 Å². The van der Waals surface area contributed by atoms with Crippen molar-refractivity contribution < 1.29 is 28.7 Å². The fraction of sp³-hybridized carbons (Fsp3) is 0.611. The summed E-state index contributed by atoms with van der Waals surface area (Å²) < 4.78 is 23.1. The standard InChI is InChI=1S/C18H27BO6/c1-7-23-14-9-8-12(10-15(14)22-6)13(11-16(20)21)19-24-17(2,3)18(4,5)25-19/h8-10,13H,7,11H2,1-6H3,(H,20,21). The van der Waals surface area contributed by atoms with Gasteiger partial charge >= 0.3 is 13.1 Å². The lowest BCUT2D eigenvalue weighted by molar-refractivity contribution is -0.137. The number of carbonyl (C=O) groups is 1. The smallest absolute Gasteiger partial charge is 0.466 e. The molecule has 1 fully saturated rings. The first-order chi connectivity index (χ1) is 11.6. The molecule has 1 aliphatic rings. The third-order valence-electron chi connectivity index (χ3n) is 4.91. The molecule has 7 heteroatoms. The van der Waals surface area contributed by atoms with Crippen molar-refractivity contribution in [2.24, 2.45) is 0 Å². The number of methoxy groups -OCH3 is 1. The minimum atomic E-state index is -0.910. The molecule has 6 nitrogen and oxygen atoms in total. The lowest BCUT2D eigenvalue weighted by atomic mass is 9.66. The third kappa shape index (κ3) is 4.10. The Labute approximate surface area is 149 Å². The molecule has 0 spiro atoms. The van der Waals surface area contributed by atoms with E-state index in [2.05, 4.69) is 0 Å². The topological polar surface area (TPSA) is 74.2 Å². The van der Waals surface area contributed by atoms with Gasteiger partial charge in [-0.25, -0.2) is 0 Å². The third-order valence-corrected chi connectivity index (χ3v) is 4.91. The van der Waals surface area contributed by atoms with E-state index in [-0.39, 0.29) is 6.42 Å². The molecule has 1 aromatic rings. The molecule has 2 rings (SSSR count). The van der Waals surface area contributed by atoms with Crippen molar-refractivity contribution in [2.45, 2.75) is 58.1 Å². The second-order valence-electron chi connectivity index (χ2n) is 7.17. The number of benzene rings is 1. The number of rotatable bonds is 7. The largest absolute Gasteiger partial charge is 0.493 e. The number of carboxylic acids is 1. The van der Waals surface area contributed by atoms with Gasteiger partial charge in [-0.2, -0.15) is 0 Å². The van der Waals surface area contributed by atoms with Crippen molar-refractivity contribution in [1.82, 2.24) is 0 Å². The summed E-state index contributed by atoms with van der Waals surface area (Å²) >= 11 is 0. The molecule has 1 aromatic carbocycles. The maximum absolute atomic E-state index is 11.4. The fourth-order valence-corrected chi connectivity index (χ4v) is 2.80. The lowest BCUT2D eigenvalue weighted by Gasteiger charge is -2.32. The summed E-state index contributed by atoms with van der Waals surface area (Å²) in [5, 5.41) is 9.36. The highest BCUT2D eigenvalue weighted by Gasteiger charge is 2.54. The van der Waals surface area contributed by atoms with Gasteiger partial charge in [-0.1, -0.05) is 6.07 Å². The molecule has 1 N–H and O–H groups in total. The first-order valence-corrected chi connectivity index (χ1v) is 8.49. The molecule has 25 heavy (non-hydrogen) atoms. The Morgan fingerprint density at radius 2 is 1.80 bits per heavy atom. The van der Waals surface area contributed by atoms with Crippen molar-refractivity contribution >= 4 is 13.1 Å². The lowest BCUT2D eigenvalue weighted by Crippen LogP contribution is -2.41. The van der Waals surface area contributed by atoms with Crippen LogP contribution in [0.2, 0.25) is 0 Å². The van der Waals surface area contributed by atoms with E-state index in [4.69, 9.17) is 18.8 Å². The van der Waals surface area contributed by atoms with Gasteiger partial charge in [0.1, 0.15) is 0 Å². The molecule has 0 saturated carbocycles. The van der Waals surface area contributed by atoms with Crippen LogP contribution in [0, 0.1) is 0 Å². The molecule has 138 valence electrons. The van der Waals surface area contributed by atoms with Gasteiger partial charge in [0, 0.05) is 5.82 Å². The van der Waals surface area contributed by atoms with E-state index < -0.39 is 30.1 Å². The summed E-state index contributed by atoms with van der Waals surface area (Å²) in [5.41, 5.74) is -0.269. The average molecular weight is 350 g/mol. The van der Waals surface area contributed by atoms with Crippen LogP contribution in [0.3, 0.4) is 0 Å². The van der Waals surface area contributed by atoms with Crippen LogP contribution >= 0.6 is 0 Å². The molecule has 1 saturated heterocycles. The molecule has 0 radical (unpaired) electrons. The Kier molecular flexibility index (Phi) is 5.69. The monoisotopic (exact) mass is 350 g/mol. The number of hydrogen-bond donors (Lipinski definition) is 1. The van der Waals surface area contributed by atoms with Gasteiger partial charge < -0.3 is 23.9 Å². The van der Waals surface area contributed by atoms with Crippen molar-refractivity contribution in [3.8, 4) is 11.5 Å². The molecule has 0 aromatic heterocycles. The highest BCUT2D eigenvalue weighted by molar-refractivity contribution is 6.48. The van der Waals surface area contributed by atoms with E-state index in [1.807, 2.05) is 40.7 Å². The van der Waals surface area contributed by atoms with Crippen LogP contribution in [-0.2, 0) is 14.1 Å². The molecule has 1 unspecified atom stereocenters. The van der Waals surface area contributed by atoms with Crippen LogP contribution < -0.4 is 9.47 Å². The maximum Gasteiger partial charge on any atom is 0.466 e. The molecule has 0 bridgehead atoms. The number of hydrogen-bond acceptors (Lipinski definition) is 5. The average Bonchev–Trinajstić information content (AvgIpc) is 2.73. The van der Waals surface area contributed by atoms with E-state index in [0.29, 0.717) is 18.1 Å². The van der Waals surface area contributed by atoms with Crippen molar-refractivity contribution in [1.29, 1.82) is 0 Å². The SMILES string of the molecule is CCOc1ccc(C(CC(=O)O)B2OC(C)(C)C(C)(C)O2)cc1OC. The van der Waals surface area contributed by atoms with E-state index in [1.165, 1.54) is 0 Å². The van der Waals surface area contributed by atoms with Crippen LogP contribution in [-0.4, -0.2) is 43.1 Å². The number of carboxylic acid groups (broad SMARTS) is 1. The van der Waals surface area contributed by atoms with Crippen LogP contribution in [0.1, 0.15) is 52.4 Å². The van der Waals surface area contributed by atoms with Crippen molar-refractivity contribution in [3.05, 3.63) is 23.8 Å². The normalized spacial score (nSPS) is 19.5. The van der Waals surface area contributed by atoms with Crippen LogP contribution in [0.25, 0.3) is 0 Å². The van der Waals surface area contributed by atoms with Crippen molar-refractivity contribution in [2.75, 3.05) is 13.7 Å². The Hall–Kier alpha value is -1.73. The Morgan fingerprint density at radius 1 is 1.20 bits per heavy atom. The zero-order chi connectivity index (χ0) is 18.8. The predicted octanol–water partition coefficient (Wildman–Crippen LogP) is 3.28. The molecular weight excluding hydrogens is 323 g/mol. The summed E-state index contributed by atoms with van der Waals surface area (Å²) in [6.07, 6.45) is -0.103. The predicted molar refractivity (Wildman–Crippen MR) is 95.2 cm³/mol. The Morgan fingerprint density at radius 3 is 2.28 bits per heavy atom. The first kappa shape index (κ1) is 19.6. The summed E-state index contributed by atoms with van der Waals surface area (Å²) in [5.74, 6) is -0.182. The van der Waals surface area contributed by atoms with Gasteiger partial charge in [0.05, 0.1) is 31.3 Å². The zero-order valence-electron chi connectivity index (χ0n) is 15.8. The minimum absolute atomic E-state index is 0.103. The van der Waals surface area contributed by atoms with E-state index in [1.54, 1.807) is 19.2 Å². The molecule has 0 aliphatic carbocycles. The van der Waals surface area contributed by atoms with Gasteiger partial charge in [-0.05, 0) is 52.3 Å². The van der Waals surface area contributed by atoms with Crippen LogP contribution in [0.15, 0.2) is 18.2 Å². The second kappa shape index (κ2) is 7.26. The molecular formula is C18H27BO6. The van der Waals surface area contributed by atoms with Crippen molar-refractivity contribution in [3.63, 3.8) is 0 Å². The Bertz CT molecular complexity index is 612. The van der Waals surface area contributed by atoms with Gasteiger partial charge in [-0.3, -0.25) is 4.79 Å². The van der Waals surface area contributed by atoms with E-state index >= 15 is 0 Å². The molecule has 1 heterocycles. The molecule has 1 atom stereocenters. The summed E-state index contributed by atoms with van der Waals surface area (Å²) in [7, 11) is 0.909. The molecule has 0 amide bonds. The van der Waals surface area contributed by atoms with Gasteiger partial charge in [-0.15, -0.1) is 0 Å². The van der Waals surface area contributed by atoms with E-state index in [9.17, 15) is 9.90 Å². The highest BCUT2D eigenvalue weighted by Crippen LogP contribution is 2.42. The van der Waals surface area contributed by atoms with Gasteiger partial charge in [0.15, 0.2) is 11.5 Å². The number of ether oxygens (including phenoxy) is 2. The van der Waals surface area contributed by atoms with Crippen LogP contribution in [0.5, 0.6) is 11.5 Å². The Balaban J connectivity index is 2.37. The quantitative estimate of drug-likeness (QED) is 0.761. The summed E-state index contributed by atoms with van der Waals surface area (Å²) in [6.45, 7) is 10.2. The number of aliphatic carboxylic acids is 1. The van der Waals surface area contributed by atoms with Crippen LogP contribution in [0.4, 0.5) is 0 Å². The fourth-order valence-electron chi connectivity index (χ4n) is 2.80. The first-order valence-electron chi connectivity index (χ1n) is 8.49. The van der Waals surface area contributed by atoms with Gasteiger partial charge in [0.25, 0.3) is 0 Å². The molecule has 1 aliphatic heterocycles. The summed E-state index contributed by atoms with van der Waals surface area (Å²) in [4.78, 5) is 11.4. The maximum atomic E-state index is 11.4. The minimum Gasteiger partial charge on any atom is -0.493 e. The second-order valence-corrected chi connectivity index (χ2v) is 7.17. The highest BCUT2D eigenvalue weighted by atomic mass is 16.7. The summed E-state index contributed by atoms with van der Waals surface area (Å²) in [6, 6.07) is 5.42.